The first-order chi connectivity index (χ1) is 20.3. The summed E-state index contributed by atoms with van der Waals surface area (Å²) in [6.07, 6.45) is 4.79. The number of hydrogen-bond acceptors (Lipinski definition) is 4. The molecule has 1 unspecified atom stereocenters. The van der Waals surface area contributed by atoms with Crippen LogP contribution in [0.1, 0.15) is 36.8 Å². The predicted octanol–water partition coefficient (Wildman–Crippen LogP) is 7.42. The van der Waals surface area contributed by atoms with Gasteiger partial charge in [-0.15, -0.1) is 0 Å². The lowest BCUT2D eigenvalue weighted by Crippen LogP contribution is -2.54. The predicted molar refractivity (Wildman–Crippen MR) is 175 cm³/mol. The Morgan fingerprint density at radius 1 is 0.860 bits per heavy atom. The first-order valence-corrected chi connectivity index (χ1v) is 17.3. The highest BCUT2D eigenvalue weighted by Crippen LogP contribution is 2.36. The van der Waals surface area contributed by atoms with Crippen LogP contribution in [0.15, 0.2) is 60.7 Å². The van der Waals surface area contributed by atoms with E-state index in [2.05, 4.69) is 5.32 Å². The number of hydrogen-bond donors (Lipinski definition) is 1. The van der Waals surface area contributed by atoms with Crippen molar-refractivity contribution in [1.82, 2.24) is 10.2 Å². The van der Waals surface area contributed by atoms with Crippen molar-refractivity contribution in [2.45, 2.75) is 50.7 Å². The van der Waals surface area contributed by atoms with Gasteiger partial charge in [0.1, 0.15) is 12.6 Å². The molecule has 0 spiro atoms. The van der Waals surface area contributed by atoms with Gasteiger partial charge in [-0.25, -0.2) is 8.42 Å². The molecule has 1 N–H and O–H groups in total. The van der Waals surface area contributed by atoms with E-state index < -0.39 is 28.5 Å². The number of anilines is 1. The highest BCUT2D eigenvalue weighted by Gasteiger charge is 2.35. The summed E-state index contributed by atoms with van der Waals surface area (Å²) in [6, 6.07) is 15.7. The van der Waals surface area contributed by atoms with Gasteiger partial charge in [0.15, 0.2) is 0 Å². The van der Waals surface area contributed by atoms with Crippen LogP contribution in [0, 0.1) is 0 Å². The van der Waals surface area contributed by atoms with Gasteiger partial charge in [0.05, 0.1) is 27.0 Å². The molecule has 13 heteroatoms. The third kappa shape index (κ3) is 8.71. The molecule has 0 bridgehead atoms. The molecule has 1 aliphatic carbocycles. The molecule has 3 aromatic rings. The second kappa shape index (κ2) is 14.7. The van der Waals surface area contributed by atoms with Gasteiger partial charge in [0.25, 0.3) is 0 Å². The van der Waals surface area contributed by atoms with E-state index in [4.69, 9.17) is 58.0 Å². The zero-order chi connectivity index (χ0) is 31.3. The maximum Gasteiger partial charge on any atom is 0.244 e. The van der Waals surface area contributed by atoms with E-state index in [1.807, 2.05) is 30.3 Å². The molecule has 1 aliphatic rings. The fourth-order valence-electron chi connectivity index (χ4n) is 5.07. The monoisotopic (exact) mass is 703 g/mol. The van der Waals surface area contributed by atoms with Crippen LogP contribution >= 0.6 is 58.0 Å². The fraction of sp³-hybridized carbons (Fsp3) is 0.333. The average molecular weight is 706 g/mol. The van der Waals surface area contributed by atoms with Crippen LogP contribution in [0.25, 0.3) is 0 Å². The summed E-state index contributed by atoms with van der Waals surface area (Å²) in [5.41, 5.74) is 1.20. The number of amides is 2. The summed E-state index contributed by atoms with van der Waals surface area (Å²) in [6.45, 7) is -0.833. The molecule has 1 fully saturated rings. The van der Waals surface area contributed by atoms with Crippen molar-refractivity contribution in [2.24, 2.45) is 0 Å². The van der Waals surface area contributed by atoms with Crippen molar-refractivity contribution in [2.75, 3.05) is 17.1 Å². The second-order valence-corrected chi connectivity index (χ2v) is 14.3. The normalized spacial score (nSPS) is 14.4. The largest absolute Gasteiger partial charge is 0.352 e. The second-order valence-electron chi connectivity index (χ2n) is 10.4. The lowest BCUT2D eigenvalue weighted by Gasteiger charge is -2.34. The minimum atomic E-state index is -4.06. The van der Waals surface area contributed by atoms with Gasteiger partial charge in [0, 0.05) is 34.6 Å². The molecule has 0 heterocycles. The van der Waals surface area contributed by atoms with E-state index in [1.165, 1.54) is 17.0 Å². The molecule has 0 aliphatic heterocycles. The molecule has 0 radical (unpaired) electrons. The van der Waals surface area contributed by atoms with Crippen LogP contribution in [0.2, 0.25) is 25.1 Å². The van der Waals surface area contributed by atoms with Crippen LogP contribution in [-0.4, -0.2) is 50.0 Å². The summed E-state index contributed by atoms with van der Waals surface area (Å²) in [4.78, 5) is 29.6. The SMILES string of the molecule is CS(=O)(=O)N(CC(=O)N(Cc1c(Cl)cccc1Cl)C(Cc1ccccc1)C(=O)NC1CCCC1)c1cc(Cl)c(Cl)cc1Cl. The number of benzene rings is 3. The van der Waals surface area contributed by atoms with Crippen LogP contribution < -0.4 is 9.62 Å². The molecule has 3 aromatic carbocycles. The number of nitrogens with zero attached hydrogens (tertiary/aromatic N) is 2. The summed E-state index contributed by atoms with van der Waals surface area (Å²) >= 11 is 31.7. The maximum atomic E-state index is 14.3. The summed E-state index contributed by atoms with van der Waals surface area (Å²) in [5.74, 6) is -1.03. The molecular weight excluding hydrogens is 676 g/mol. The number of sulfonamides is 1. The van der Waals surface area contributed by atoms with Gasteiger partial charge in [-0.3, -0.25) is 13.9 Å². The molecule has 0 aromatic heterocycles. The molecular formula is C30H30Cl5N3O4S. The van der Waals surface area contributed by atoms with Crippen molar-refractivity contribution in [3.05, 3.63) is 96.9 Å². The molecule has 1 saturated carbocycles. The first-order valence-electron chi connectivity index (χ1n) is 13.5. The smallest absolute Gasteiger partial charge is 0.244 e. The topological polar surface area (TPSA) is 86.8 Å². The number of carbonyl (C=O) groups excluding carboxylic acids is 2. The van der Waals surface area contributed by atoms with Gasteiger partial charge in [0.2, 0.25) is 21.8 Å². The van der Waals surface area contributed by atoms with Crippen molar-refractivity contribution in [1.29, 1.82) is 0 Å². The average Bonchev–Trinajstić information content (AvgIpc) is 3.46. The summed E-state index contributed by atoms with van der Waals surface area (Å²) in [5, 5.41) is 3.86. The number of halogens is 5. The molecule has 4 rings (SSSR count). The zero-order valence-electron chi connectivity index (χ0n) is 23.2. The quantitative estimate of drug-likeness (QED) is 0.211. The standard InChI is InChI=1S/C30H30Cl5N3O4S/c1-43(41,42)38(27-16-25(34)24(33)15-26(27)35)18-29(39)37(17-21-22(31)12-7-13-23(21)32)28(14-19-8-3-2-4-9-19)30(40)36-20-10-5-6-11-20/h2-4,7-9,12-13,15-16,20,28H,5-6,10-11,14,17-18H2,1H3,(H,36,40). The molecule has 230 valence electrons. The maximum absolute atomic E-state index is 14.3. The molecule has 0 saturated heterocycles. The van der Waals surface area contributed by atoms with Crippen molar-refractivity contribution >= 4 is 85.5 Å². The first kappa shape index (κ1) is 33.7. The Labute approximate surface area is 277 Å². The number of carbonyl (C=O) groups is 2. The Hall–Kier alpha value is -2.20. The Balaban J connectivity index is 1.79. The zero-order valence-corrected chi connectivity index (χ0v) is 27.8. The van der Waals surface area contributed by atoms with E-state index in [0.29, 0.717) is 15.6 Å². The molecule has 2 amide bonds. The van der Waals surface area contributed by atoms with Crippen LogP contribution in [0.5, 0.6) is 0 Å². The van der Waals surface area contributed by atoms with Gasteiger partial charge >= 0.3 is 0 Å². The number of nitrogens with one attached hydrogen (secondary N) is 1. The molecule has 43 heavy (non-hydrogen) atoms. The highest BCUT2D eigenvalue weighted by atomic mass is 35.5. The summed E-state index contributed by atoms with van der Waals surface area (Å²) < 4.78 is 26.9. The highest BCUT2D eigenvalue weighted by molar-refractivity contribution is 7.92. The van der Waals surface area contributed by atoms with E-state index in [1.54, 1.807) is 18.2 Å². The molecule has 7 nitrogen and oxygen atoms in total. The molecule has 1 atom stereocenters. The van der Waals surface area contributed by atoms with E-state index >= 15 is 0 Å². The fourth-order valence-corrected chi connectivity index (χ4v) is 7.14. The van der Waals surface area contributed by atoms with Crippen LogP contribution in [-0.2, 0) is 32.6 Å². The van der Waals surface area contributed by atoms with E-state index in [-0.39, 0.29) is 45.7 Å². The number of rotatable bonds is 11. The Kier molecular flexibility index (Phi) is 11.5. The Morgan fingerprint density at radius 2 is 1.47 bits per heavy atom. The van der Waals surface area contributed by atoms with Gasteiger partial charge in [-0.05, 0) is 42.7 Å². The third-order valence-corrected chi connectivity index (χ3v) is 10.2. The van der Waals surface area contributed by atoms with Crippen molar-refractivity contribution in [3.8, 4) is 0 Å². The Morgan fingerprint density at radius 3 is 2.07 bits per heavy atom. The van der Waals surface area contributed by atoms with E-state index in [9.17, 15) is 18.0 Å². The van der Waals surface area contributed by atoms with E-state index in [0.717, 1.165) is 41.8 Å². The van der Waals surface area contributed by atoms with Crippen molar-refractivity contribution in [3.63, 3.8) is 0 Å². The van der Waals surface area contributed by atoms with Gasteiger partial charge < -0.3 is 10.2 Å². The third-order valence-electron chi connectivity index (χ3n) is 7.30. The lowest BCUT2D eigenvalue weighted by atomic mass is 10.0. The van der Waals surface area contributed by atoms with Crippen LogP contribution in [0.3, 0.4) is 0 Å². The minimum Gasteiger partial charge on any atom is -0.352 e. The van der Waals surface area contributed by atoms with Gasteiger partial charge in [-0.1, -0.05) is 107 Å². The lowest BCUT2D eigenvalue weighted by molar-refractivity contribution is -0.140. The Bertz CT molecular complexity index is 1560. The van der Waals surface area contributed by atoms with Crippen molar-refractivity contribution < 1.29 is 18.0 Å². The summed E-state index contributed by atoms with van der Waals surface area (Å²) in [7, 11) is -4.06. The van der Waals surface area contributed by atoms with Gasteiger partial charge in [-0.2, -0.15) is 0 Å². The van der Waals surface area contributed by atoms with Crippen LogP contribution in [0.4, 0.5) is 5.69 Å². The minimum absolute atomic E-state index is 0.0193.